The summed E-state index contributed by atoms with van der Waals surface area (Å²) in [6, 6.07) is 0. The van der Waals surface area contributed by atoms with Crippen LogP contribution in [0.25, 0.3) is 0 Å². The molecule has 0 aliphatic carbocycles. The molecule has 15 heavy (non-hydrogen) atoms. The van der Waals surface area contributed by atoms with Crippen molar-refractivity contribution in [1.82, 2.24) is 15.1 Å². The van der Waals surface area contributed by atoms with Crippen LogP contribution in [0, 0.1) is 0 Å². The maximum absolute atomic E-state index is 4.57. The van der Waals surface area contributed by atoms with Crippen LogP contribution in [0.3, 0.4) is 0 Å². The summed E-state index contributed by atoms with van der Waals surface area (Å²) in [5, 5.41) is 7.90. The van der Waals surface area contributed by atoms with Crippen LogP contribution in [0.15, 0.2) is 6.20 Å². The van der Waals surface area contributed by atoms with E-state index in [0.717, 1.165) is 0 Å². The first-order valence-electron chi connectivity index (χ1n) is 5.42. The fourth-order valence-electron chi connectivity index (χ4n) is 1.63. The number of nitrogens with zero attached hydrogens (tertiary/aromatic N) is 2. The van der Waals surface area contributed by atoms with Crippen molar-refractivity contribution in [2.45, 2.75) is 45.6 Å². The van der Waals surface area contributed by atoms with Crippen LogP contribution in [0.2, 0.25) is 0 Å². The Morgan fingerprint density at radius 1 is 1.20 bits per heavy atom. The zero-order valence-electron chi connectivity index (χ0n) is 11.0. The van der Waals surface area contributed by atoms with E-state index in [0.29, 0.717) is 0 Å². The molecule has 1 rings (SSSR count). The first-order chi connectivity index (χ1) is 6.68. The summed E-state index contributed by atoms with van der Waals surface area (Å²) in [6.45, 7) is 11.0. The number of nitrogens with one attached hydrogen (secondary N) is 1. The molecule has 0 saturated carbocycles. The van der Waals surface area contributed by atoms with Crippen LogP contribution in [-0.4, -0.2) is 16.8 Å². The molecule has 0 unspecified atom stereocenters. The van der Waals surface area contributed by atoms with E-state index in [1.54, 1.807) is 0 Å². The van der Waals surface area contributed by atoms with Gasteiger partial charge in [0.25, 0.3) is 0 Å². The maximum atomic E-state index is 4.57. The van der Waals surface area contributed by atoms with E-state index in [4.69, 9.17) is 0 Å². The van der Waals surface area contributed by atoms with Gasteiger partial charge in [0.1, 0.15) is 0 Å². The molecule has 0 aliphatic rings. The lowest BCUT2D eigenvalue weighted by molar-refractivity contribution is 0.427. The van der Waals surface area contributed by atoms with Crippen LogP contribution in [-0.2, 0) is 18.0 Å². The molecule has 3 heteroatoms. The highest BCUT2D eigenvalue weighted by Gasteiger charge is 2.30. The molecule has 1 N–H and O–H groups in total. The molecule has 1 aromatic heterocycles. The predicted octanol–water partition coefficient (Wildman–Crippen LogP) is 2.17. The van der Waals surface area contributed by atoms with E-state index in [9.17, 15) is 0 Å². The molecule has 0 aliphatic heterocycles. The van der Waals surface area contributed by atoms with Gasteiger partial charge in [-0.3, -0.25) is 4.68 Å². The zero-order chi connectivity index (χ0) is 11.9. The summed E-state index contributed by atoms with van der Waals surface area (Å²) < 4.78 is 1.90. The quantitative estimate of drug-likeness (QED) is 0.809. The van der Waals surface area contributed by atoms with Gasteiger partial charge in [0.2, 0.25) is 0 Å². The maximum Gasteiger partial charge on any atom is 0.0728 e. The van der Waals surface area contributed by atoms with E-state index < -0.39 is 0 Å². The Labute approximate surface area is 92.9 Å². The van der Waals surface area contributed by atoms with Crippen molar-refractivity contribution in [2.24, 2.45) is 7.05 Å². The molecular formula is C12H23N3. The Hall–Kier alpha value is -0.830. The normalized spacial score (nSPS) is 13.3. The van der Waals surface area contributed by atoms with E-state index in [2.05, 4.69) is 51.2 Å². The highest BCUT2D eigenvalue weighted by Crippen LogP contribution is 2.30. The Balaban J connectivity index is 3.30. The number of aromatic nitrogens is 2. The van der Waals surface area contributed by atoms with Crippen molar-refractivity contribution in [3.63, 3.8) is 0 Å². The molecule has 0 fully saturated rings. The summed E-state index contributed by atoms with van der Waals surface area (Å²) in [5.74, 6) is 0. The highest BCUT2D eigenvalue weighted by atomic mass is 15.3. The molecule has 0 radical (unpaired) electrons. The number of hydrogen-bond acceptors (Lipinski definition) is 2. The van der Waals surface area contributed by atoms with E-state index in [-0.39, 0.29) is 11.0 Å². The van der Waals surface area contributed by atoms with Gasteiger partial charge in [0.05, 0.1) is 5.69 Å². The van der Waals surface area contributed by atoms with Gasteiger partial charge in [-0.1, -0.05) is 20.8 Å². The van der Waals surface area contributed by atoms with Gasteiger partial charge < -0.3 is 5.32 Å². The van der Waals surface area contributed by atoms with Crippen LogP contribution < -0.4 is 5.32 Å². The molecule has 0 spiro atoms. The Morgan fingerprint density at radius 3 is 2.13 bits per heavy atom. The summed E-state index contributed by atoms with van der Waals surface area (Å²) in [4.78, 5) is 0. The lowest BCUT2D eigenvalue weighted by atomic mass is 9.83. The van der Waals surface area contributed by atoms with Crippen LogP contribution in [0.5, 0.6) is 0 Å². The van der Waals surface area contributed by atoms with Crippen molar-refractivity contribution >= 4 is 0 Å². The molecule has 3 nitrogen and oxygen atoms in total. The number of aryl methyl sites for hydroxylation is 1. The number of rotatable bonds is 2. The highest BCUT2D eigenvalue weighted by molar-refractivity contribution is 5.30. The Kier molecular flexibility index (Phi) is 2.97. The van der Waals surface area contributed by atoms with Gasteiger partial charge in [-0.15, -0.1) is 0 Å². The first kappa shape index (κ1) is 12.2. The van der Waals surface area contributed by atoms with Crippen LogP contribution in [0.4, 0.5) is 0 Å². The molecule has 0 amide bonds. The average Bonchev–Trinajstić information content (AvgIpc) is 2.47. The summed E-state index contributed by atoms with van der Waals surface area (Å²) in [7, 11) is 3.96. The minimum atomic E-state index is -0.0309. The van der Waals surface area contributed by atoms with Crippen molar-refractivity contribution < 1.29 is 0 Å². The second-order valence-corrected chi connectivity index (χ2v) is 5.69. The van der Waals surface area contributed by atoms with E-state index in [1.807, 2.05) is 18.8 Å². The lowest BCUT2D eigenvalue weighted by Crippen LogP contribution is -2.35. The molecule has 0 aromatic carbocycles. The zero-order valence-corrected chi connectivity index (χ0v) is 11.0. The lowest BCUT2D eigenvalue weighted by Gasteiger charge is -2.28. The average molecular weight is 209 g/mol. The van der Waals surface area contributed by atoms with Gasteiger partial charge in [0, 0.05) is 29.8 Å². The standard InChI is InChI=1S/C12H23N3/c1-11(2,3)10-9(8-15(7)14-10)12(4,5)13-6/h8,13H,1-7H3. The minimum absolute atomic E-state index is 0.0309. The number of hydrogen-bond donors (Lipinski definition) is 1. The third-order valence-corrected chi connectivity index (χ3v) is 2.84. The fraction of sp³-hybridized carbons (Fsp3) is 0.750. The van der Waals surface area contributed by atoms with Gasteiger partial charge in [0.15, 0.2) is 0 Å². The molecule has 1 heterocycles. The van der Waals surface area contributed by atoms with Crippen LogP contribution in [0.1, 0.15) is 45.9 Å². The van der Waals surface area contributed by atoms with E-state index in [1.165, 1.54) is 11.3 Å². The van der Waals surface area contributed by atoms with Gasteiger partial charge >= 0.3 is 0 Å². The molecule has 0 saturated heterocycles. The summed E-state index contributed by atoms with van der Waals surface area (Å²) >= 11 is 0. The summed E-state index contributed by atoms with van der Waals surface area (Å²) in [5.41, 5.74) is 2.51. The molecule has 86 valence electrons. The minimum Gasteiger partial charge on any atom is -0.311 e. The van der Waals surface area contributed by atoms with Crippen molar-refractivity contribution in [2.75, 3.05) is 7.05 Å². The van der Waals surface area contributed by atoms with Gasteiger partial charge in [-0.05, 0) is 20.9 Å². The van der Waals surface area contributed by atoms with Gasteiger partial charge in [-0.25, -0.2) is 0 Å². The first-order valence-corrected chi connectivity index (χ1v) is 5.42. The van der Waals surface area contributed by atoms with Crippen molar-refractivity contribution in [3.8, 4) is 0 Å². The smallest absolute Gasteiger partial charge is 0.0728 e. The monoisotopic (exact) mass is 209 g/mol. The fourth-order valence-corrected chi connectivity index (χ4v) is 1.63. The van der Waals surface area contributed by atoms with Crippen molar-refractivity contribution in [3.05, 3.63) is 17.5 Å². The molecule has 0 atom stereocenters. The topological polar surface area (TPSA) is 29.9 Å². The largest absolute Gasteiger partial charge is 0.311 e. The third-order valence-electron chi connectivity index (χ3n) is 2.84. The summed E-state index contributed by atoms with van der Waals surface area (Å²) in [6.07, 6.45) is 2.11. The molecule has 0 bridgehead atoms. The molecule has 1 aromatic rings. The van der Waals surface area contributed by atoms with Crippen LogP contribution >= 0.6 is 0 Å². The second-order valence-electron chi connectivity index (χ2n) is 5.69. The van der Waals surface area contributed by atoms with Gasteiger partial charge in [-0.2, -0.15) is 5.10 Å². The van der Waals surface area contributed by atoms with Crippen molar-refractivity contribution in [1.29, 1.82) is 0 Å². The van der Waals surface area contributed by atoms with E-state index >= 15 is 0 Å². The third kappa shape index (κ3) is 2.40. The predicted molar refractivity (Wildman–Crippen MR) is 64.0 cm³/mol. The SMILES string of the molecule is CNC(C)(C)c1cn(C)nc1C(C)(C)C. The Bertz CT molecular complexity index is 342. The molecular weight excluding hydrogens is 186 g/mol. The Morgan fingerprint density at radius 2 is 1.73 bits per heavy atom. The second kappa shape index (κ2) is 3.63.